The fourth-order valence-corrected chi connectivity index (χ4v) is 4.70. The fourth-order valence-electron chi connectivity index (χ4n) is 3.14. The molecule has 24 heavy (non-hydrogen) atoms. The van der Waals surface area contributed by atoms with Gasteiger partial charge in [0.15, 0.2) is 11.6 Å². The van der Waals surface area contributed by atoms with Gasteiger partial charge in [-0.1, -0.05) is 20.8 Å². The first-order valence-electron chi connectivity index (χ1n) is 7.26. The second kappa shape index (κ2) is 6.31. The molecule has 0 unspecified atom stereocenters. The largest absolute Gasteiger partial charge is 0.444 e. The van der Waals surface area contributed by atoms with Crippen LogP contribution in [0.25, 0.3) is 0 Å². The Balaban J connectivity index is 2.74. The molecule has 0 aromatic heterocycles. The van der Waals surface area contributed by atoms with Gasteiger partial charge in [0.05, 0.1) is 10.5 Å². The third kappa shape index (κ3) is 3.11. The number of hydrogen-bond acceptors (Lipinski definition) is 4. The van der Waals surface area contributed by atoms with E-state index < -0.39 is 39.8 Å². The van der Waals surface area contributed by atoms with Crippen LogP contribution in [0, 0.1) is 22.9 Å². The molecule has 2 atom stereocenters. The van der Waals surface area contributed by atoms with Crippen molar-refractivity contribution in [2.45, 2.75) is 38.0 Å². The maximum Gasteiger partial charge on any atom is 0.404 e. The predicted octanol–water partition coefficient (Wildman–Crippen LogP) is 3.52. The SMILES string of the molecule is CC(C)(C)[C@]1(c2cc(F)cc(F)c2F)SCC(=O)C[C@@H]1OC(N)=O. The zero-order chi connectivity index (χ0) is 18.3. The number of Topliss-reactive ketones (excluding diaryl/α,β-unsaturated/α-hetero) is 1. The van der Waals surface area contributed by atoms with Gasteiger partial charge in [-0.05, 0) is 11.5 Å². The van der Waals surface area contributed by atoms with Crippen molar-refractivity contribution >= 4 is 23.6 Å². The van der Waals surface area contributed by atoms with Crippen molar-refractivity contribution in [1.82, 2.24) is 0 Å². The summed E-state index contributed by atoms with van der Waals surface area (Å²) in [5.41, 5.74) is 4.00. The standard InChI is InChI=1S/C16H18F3NO3S/c1-15(2,3)16(10-4-8(17)5-11(18)13(10)19)12(23-14(20)22)6-9(21)7-24-16/h4-5,12H,6-7H2,1-3H3,(H2,20,22)/t12-,16+/m0/s1. The van der Waals surface area contributed by atoms with E-state index in [1.165, 1.54) is 0 Å². The minimum atomic E-state index is -1.37. The number of nitrogens with two attached hydrogens (primary N) is 1. The average Bonchev–Trinajstić information content (AvgIpc) is 2.41. The number of thioether (sulfide) groups is 1. The van der Waals surface area contributed by atoms with E-state index >= 15 is 0 Å². The van der Waals surface area contributed by atoms with Gasteiger partial charge in [0, 0.05) is 18.1 Å². The summed E-state index contributed by atoms with van der Waals surface area (Å²) >= 11 is 1.00. The van der Waals surface area contributed by atoms with Crippen LogP contribution in [0.15, 0.2) is 12.1 Å². The number of rotatable bonds is 2. The van der Waals surface area contributed by atoms with Crippen molar-refractivity contribution in [3.63, 3.8) is 0 Å². The average molecular weight is 361 g/mol. The summed E-state index contributed by atoms with van der Waals surface area (Å²) in [6.07, 6.45) is -2.48. The van der Waals surface area contributed by atoms with Crippen molar-refractivity contribution < 1.29 is 27.5 Å². The van der Waals surface area contributed by atoms with E-state index in [1.807, 2.05) is 0 Å². The normalized spacial score (nSPS) is 24.8. The molecule has 1 saturated heterocycles. The lowest BCUT2D eigenvalue weighted by Gasteiger charge is -2.50. The number of carbonyl (C=O) groups excluding carboxylic acids is 2. The monoisotopic (exact) mass is 361 g/mol. The lowest BCUT2D eigenvalue weighted by Crippen LogP contribution is -2.54. The van der Waals surface area contributed by atoms with Crippen molar-refractivity contribution in [2.75, 3.05) is 5.75 Å². The minimum absolute atomic E-state index is 0.00741. The Kier molecular flexibility index (Phi) is 4.90. The number of amides is 1. The third-order valence-corrected chi connectivity index (χ3v) is 6.11. The molecule has 0 saturated carbocycles. The van der Waals surface area contributed by atoms with Gasteiger partial charge in [-0.2, -0.15) is 0 Å². The first kappa shape index (κ1) is 18.6. The first-order chi connectivity index (χ1) is 11.0. The quantitative estimate of drug-likeness (QED) is 0.819. The van der Waals surface area contributed by atoms with Gasteiger partial charge in [0.2, 0.25) is 0 Å². The Morgan fingerprint density at radius 1 is 1.33 bits per heavy atom. The van der Waals surface area contributed by atoms with Crippen LogP contribution in [-0.2, 0) is 14.3 Å². The Morgan fingerprint density at radius 2 is 1.96 bits per heavy atom. The third-order valence-electron chi connectivity index (χ3n) is 4.09. The van der Waals surface area contributed by atoms with Crippen LogP contribution in [0.4, 0.5) is 18.0 Å². The van der Waals surface area contributed by atoms with Gasteiger partial charge in [-0.25, -0.2) is 18.0 Å². The molecule has 2 rings (SSSR count). The van der Waals surface area contributed by atoms with E-state index in [-0.39, 0.29) is 23.5 Å². The molecule has 0 bridgehead atoms. The number of ether oxygens (including phenoxy) is 1. The number of halogens is 3. The summed E-state index contributed by atoms with van der Waals surface area (Å²) in [5, 5.41) is 0. The smallest absolute Gasteiger partial charge is 0.404 e. The molecule has 1 heterocycles. The van der Waals surface area contributed by atoms with Crippen molar-refractivity contribution in [3.8, 4) is 0 Å². The van der Waals surface area contributed by atoms with Gasteiger partial charge in [0.1, 0.15) is 17.7 Å². The summed E-state index contributed by atoms with van der Waals surface area (Å²) in [5.74, 6) is -3.74. The molecule has 4 nitrogen and oxygen atoms in total. The molecule has 1 aliphatic rings. The summed E-state index contributed by atoms with van der Waals surface area (Å²) in [4.78, 5) is 23.1. The first-order valence-corrected chi connectivity index (χ1v) is 8.24. The van der Waals surface area contributed by atoms with E-state index in [9.17, 15) is 22.8 Å². The van der Waals surface area contributed by atoms with E-state index in [2.05, 4.69) is 0 Å². The van der Waals surface area contributed by atoms with Crippen LogP contribution in [0.5, 0.6) is 0 Å². The van der Waals surface area contributed by atoms with E-state index in [0.29, 0.717) is 6.07 Å². The Labute approximate surface area is 141 Å². The molecule has 1 aromatic carbocycles. The van der Waals surface area contributed by atoms with Crippen molar-refractivity contribution in [1.29, 1.82) is 0 Å². The second-order valence-electron chi connectivity index (χ2n) is 6.69. The zero-order valence-electron chi connectivity index (χ0n) is 13.5. The summed E-state index contributed by atoms with van der Waals surface area (Å²) < 4.78 is 45.8. The van der Waals surface area contributed by atoms with E-state index in [0.717, 1.165) is 17.8 Å². The molecule has 0 radical (unpaired) electrons. The Bertz CT molecular complexity index is 688. The van der Waals surface area contributed by atoms with Crippen molar-refractivity contribution in [3.05, 3.63) is 35.1 Å². The molecule has 1 aromatic rings. The molecular formula is C16H18F3NO3S. The number of benzene rings is 1. The van der Waals surface area contributed by atoms with Crippen LogP contribution in [0.2, 0.25) is 0 Å². The van der Waals surface area contributed by atoms with Crippen molar-refractivity contribution in [2.24, 2.45) is 11.1 Å². The van der Waals surface area contributed by atoms with Crippen LogP contribution in [-0.4, -0.2) is 23.7 Å². The number of carbonyl (C=O) groups is 2. The van der Waals surface area contributed by atoms with Crippen LogP contribution >= 0.6 is 11.8 Å². The topological polar surface area (TPSA) is 69.4 Å². The maximum absolute atomic E-state index is 14.5. The second-order valence-corrected chi connectivity index (χ2v) is 7.91. The molecule has 1 fully saturated rings. The lowest BCUT2D eigenvalue weighted by molar-refractivity contribution is -0.120. The highest BCUT2D eigenvalue weighted by Gasteiger charge is 2.56. The molecule has 1 amide bonds. The van der Waals surface area contributed by atoms with Crippen LogP contribution in [0.1, 0.15) is 32.8 Å². The van der Waals surface area contributed by atoms with E-state index in [4.69, 9.17) is 10.5 Å². The van der Waals surface area contributed by atoms with Crippen LogP contribution < -0.4 is 5.73 Å². The molecule has 1 aliphatic heterocycles. The van der Waals surface area contributed by atoms with Gasteiger partial charge in [0.25, 0.3) is 0 Å². The highest BCUT2D eigenvalue weighted by Crippen LogP contribution is 2.57. The molecule has 0 spiro atoms. The molecule has 0 aliphatic carbocycles. The fraction of sp³-hybridized carbons (Fsp3) is 0.500. The summed E-state index contributed by atoms with van der Waals surface area (Å²) in [6.45, 7) is 5.15. The van der Waals surface area contributed by atoms with Crippen LogP contribution in [0.3, 0.4) is 0 Å². The number of ketones is 1. The zero-order valence-corrected chi connectivity index (χ0v) is 14.3. The number of primary amides is 1. The summed E-state index contributed by atoms with van der Waals surface area (Å²) in [7, 11) is 0. The Hall–Kier alpha value is -1.70. The lowest BCUT2D eigenvalue weighted by atomic mass is 9.70. The maximum atomic E-state index is 14.5. The summed E-state index contributed by atoms with van der Waals surface area (Å²) in [6, 6.07) is 1.32. The Morgan fingerprint density at radius 3 is 2.50 bits per heavy atom. The molecule has 8 heteroatoms. The predicted molar refractivity (Wildman–Crippen MR) is 84.0 cm³/mol. The molecule has 2 N–H and O–H groups in total. The van der Waals surface area contributed by atoms with Gasteiger partial charge >= 0.3 is 6.09 Å². The molecular weight excluding hydrogens is 343 g/mol. The van der Waals surface area contributed by atoms with E-state index in [1.54, 1.807) is 20.8 Å². The van der Waals surface area contributed by atoms with Gasteiger partial charge < -0.3 is 10.5 Å². The molecule has 132 valence electrons. The minimum Gasteiger partial charge on any atom is -0.444 e. The van der Waals surface area contributed by atoms with Gasteiger partial charge in [-0.15, -0.1) is 11.8 Å². The van der Waals surface area contributed by atoms with Gasteiger partial charge in [-0.3, -0.25) is 4.79 Å². The highest BCUT2D eigenvalue weighted by molar-refractivity contribution is 8.01. The highest BCUT2D eigenvalue weighted by atomic mass is 32.2. The number of hydrogen-bond donors (Lipinski definition) is 1.